The van der Waals surface area contributed by atoms with Crippen molar-refractivity contribution in [3.05, 3.63) is 54.6 Å². The number of hydrogen-bond acceptors (Lipinski definition) is 4. The minimum absolute atomic E-state index is 0.222. The van der Waals surface area contributed by atoms with Gasteiger partial charge in [0, 0.05) is 11.0 Å². The van der Waals surface area contributed by atoms with Gasteiger partial charge in [0.25, 0.3) is 0 Å². The first kappa shape index (κ1) is 16.0. The highest BCUT2D eigenvalue weighted by atomic mass is 16.6. The van der Waals surface area contributed by atoms with E-state index in [4.69, 9.17) is 14.2 Å². The minimum atomic E-state index is -0.393. The van der Waals surface area contributed by atoms with E-state index in [0.717, 1.165) is 16.5 Å². The van der Waals surface area contributed by atoms with E-state index in [2.05, 4.69) is 18.7 Å². The third kappa shape index (κ3) is 4.60. The lowest BCUT2D eigenvalue weighted by molar-refractivity contribution is -0.140. The van der Waals surface area contributed by atoms with Crippen LogP contribution in [0.1, 0.15) is 6.92 Å². The van der Waals surface area contributed by atoms with Crippen molar-refractivity contribution in [2.24, 2.45) is 0 Å². The number of fused-ring (bicyclic) bond motifs is 1. The molecule has 0 aliphatic carbocycles. The highest BCUT2D eigenvalue weighted by Crippen LogP contribution is 2.24. The van der Waals surface area contributed by atoms with Crippen LogP contribution in [-0.4, -0.2) is 32.4 Å². The van der Waals surface area contributed by atoms with Crippen LogP contribution in [0.4, 0.5) is 0 Å². The Bertz CT molecular complexity index is 643. The van der Waals surface area contributed by atoms with Gasteiger partial charge < -0.3 is 14.2 Å². The number of carbonyl (C=O) groups excluding carboxylic acids is 1. The molecule has 0 saturated heterocycles. The molecule has 0 heterocycles. The summed E-state index contributed by atoms with van der Waals surface area (Å²) in [6, 6.07) is 14.0. The fraction of sp³-hybridized carbons (Fsp3) is 0.278. The molecule has 116 valence electrons. The van der Waals surface area contributed by atoms with Crippen LogP contribution in [0.5, 0.6) is 5.75 Å². The Morgan fingerprint density at radius 1 is 1.00 bits per heavy atom. The van der Waals surface area contributed by atoms with E-state index in [0.29, 0.717) is 25.4 Å². The molecule has 0 aromatic heterocycles. The third-order valence-electron chi connectivity index (χ3n) is 3.04. The zero-order chi connectivity index (χ0) is 15.8. The molecule has 0 saturated carbocycles. The molecule has 0 spiro atoms. The molecule has 2 rings (SSSR count). The van der Waals surface area contributed by atoms with Gasteiger partial charge in [0.1, 0.15) is 19.0 Å². The molecular formula is C18H20O4. The van der Waals surface area contributed by atoms with Crippen LogP contribution < -0.4 is 4.74 Å². The minimum Gasteiger partial charge on any atom is -0.491 e. The normalized spacial score (nSPS) is 10.4. The van der Waals surface area contributed by atoms with Crippen molar-refractivity contribution in [1.29, 1.82) is 0 Å². The van der Waals surface area contributed by atoms with Crippen molar-refractivity contribution < 1.29 is 19.0 Å². The average molecular weight is 300 g/mol. The van der Waals surface area contributed by atoms with E-state index < -0.39 is 5.97 Å². The largest absolute Gasteiger partial charge is 0.491 e. The Kier molecular flexibility index (Phi) is 5.98. The Labute approximate surface area is 130 Å². The quantitative estimate of drug-likeness (QED) is 0.426. The van der Waals surface area contributed by atoms with E-state index in [1.807, 2.05) is 30.3 Å². The maximum atomic E-state index is 11.1. The molecule has 4 nitrogen and oxygen atoms in total. The molecule has 0 bridgehead atoms. The standard InChI is InChI=1S/C18H20O4/c1-14(2)18(19)22-13-11-20-10-12-21-17-9-5-7-15-6-3-4-8-16(15)17/h3-9H,1,10-13H2,2H3. The van der Waals surface area contributed by atoms with E-state index in [1.54, 1.807) is 6.92 Å². The van der Waals surface area contributed by atoms with Gasteiger partial charge in [0.05, 0.1) is 13.2 Å². The lowest BCUT2D eigenvalue weighted by Crippen LogP contribution is -2.13. The zero-order valence-corrected chi connectivity index (χ0v) is 12.7. The summed E-state index contributed by atoms with van der Waals surface area (Å²) in [7, 11) is 0. The number of esters is 1. The molecule has 0 radical (unpaired) electrons. The Hall–Kier alpha value is -2.33. The second kappa shape index (κ2) is 8.20. The number of ether oxygens (including phenoxy) is 3. The van der Waals surface area contributed by atoms with Crippen molar-refractivity contribution in [2.75, 3.05) is 26.4 Å². The fourth-order valence-electron chi connectivity index (χ4n) is 1.95. The summed E-state index contributed by atoms with van der Waals surface area (Å²) in [4.78, 5) is 11.1. The SMILES string of the molecule is C=C(C)C(=O)OCCOCCOc1cccc2ccccc12. The van der Waals surface area contributed by atoms with E-state index >= 15 is 0 Å². The van der Waals surface area contributed by atoms with Gasteiger partial charge >= 0.3 is 5.97 Å². The molecule has 2 aromatic rings. The van der Waals surface area contributed by atoms with Gasteiger partial charge in [-0.1, -0.05) is 43.0 Å². The van der Waals surface area contributed by atoms with Crippen molar-refractivity contribution in [3.8, 4) is 5.75 Å². The van der Waals surface area contributed by atoms with E-state index in [-0.39, 0.29) is 6.61 Å². The highest BCUT2D eigenvalue weighted by Gasteiger charge is 2.03. The van der Waals surface area contributed by atoms with E-state index in [9.17, 15) is 4.79 Å². The third-order valence-corrected chi connectivity index (χ3v) is 3.04. The lowest BCUT2D eigenvalue weighted by atomic mass is 10.1. The van der Waals surface area contributed by atoms with Gasteiger partial charge in [-0.3, -0.25) is 0 Å². The monoisotopic (exact) mass is 300 g/mol. The van der Waals surface area contributed by atoms with Crippen molar-refractivity contribution in [3.63, 3.8) is 0 Å². The maximum absolute atomic E-state index is 11.1. The maximum Gasteiger partial charge on any atom is 0.333 e. The van der Waals surface area contributed by atoms with Crippen molar-refractivity contribution >= 4 is 16.7 Å². The van der Waals surface area contributed by atoms with Crippen molar-refractivity contribution in [1.82, 2.24) is 0 Å². The predicted molar refractivity (Wildman–Crippen MR) is 86.0 cm³/mol. The van der Waals surface area contributed by atoms with Crippen LogP contribution in [0, 0.1) is 0 Å². The van der Waals surface area contributed by atoms with Crippen molar-refractivity contribution in [2.45, 2.75) is 6.92 Å². The summed E-state index contributed by atoms with van der Waals surface area (Å²) < 4.78 is 16.0. The van der Waals surface area contributed by atoms with E-state index in [1.165, 1.54) is 0 Å². The first-order chi connectivity index (χ1) is 10.7. The number of hydrogen-bond donors (Lipinski definition) is 0. The molecule has 0 aliphatic rings. The predicted octanol–water partition coefficient (Wildman–Crippen LogP) is 3.35. The number of carbonyl (C=O) groups is 1. The summed E-state index contributed by atoms with van der Waals surface area (Å²) in [5, 5.41) is 2.23. The molecule has 4 heteroatoms. The molecule has 22 heavy (non-hydrogen) atoms. The molecular weight excluding hydrogens is 280 g/mol. The van der Waals surface area contributed by atoms with Crippen LogP contribution in [-0.2, 0) is 14.3 Å². The number of benzene rings is 2. The van der Waals surface area contributed by atoms with Gasteiger partial charge in [0.2, 0.25) is 0 Å². The molecule has 0 N–H and O–H groups in total. The van der Waals surface area contributed by atoms with Crippen LogP contribution in [0.3, 0.4) is 0 Å². The molecule has 0 aliphatic heterocycles. The second-order valence-electron chi connectivity index (χ2n) is 4.85. The van der Waals surface area contributed by atoms with Crippen LogP contribution in [0.15, 0.2) is 54.6 Å². The summed E-state index contributed by atoms with van der Waals surface area (Å²) in [6.45, 7) is 6.57. The first-order valence-corrected chi connectivity index (χ1v) is 7.19. The van der Waals surface area contributed by atoms with Crippen LogP contribution in [0.2, 0.25) is 0 Å². The molecule has 0 fully saturated rings. The first-order valence-electron chi connectivity index (χ1n) is 7.19. The Morgan fingerprint density at radius 3 is 2.55 bits per heavy atom. The van der Waals surface area contributed by atoms with Gasteiger partial charge in [-0.2, -0.15) is 0 Å². The van der Waals surface area contributed by atoms with Gasteiger partial charge in [0.15, 0.2) is 0 Å². The zero-order valence-electron chi connectivity index (χ0n) is 12.7. The highest BCUT2D eigenvalue weighted by molar-refractivity contribution is 5.88. The number of rotatable bonds is 8. The molecule has 0 atom stereocenters. The summed E-state index contributed by atoms with van der Waals surface area (Å²) >= 11 is 0. The summed E-state index contributed by atoms with van der Waals surface area (Å²) in [5.74, 6) is 0.450. The molecule has 2 aromatic carbocycles. The lowest BCUT2D eigenvalue weighted by Gasteiger charge is -2.10. The topological polar surface area (TPSA) is 44.8 Å². The second-order valence-corrected chi connectivity index (χ2v) is 4.85. The van der Waals surface area contributed by atoms with Crippen LogP contribution in [0.25, 0.3) is 10.8 Å². The van der Waals surface area contributed by atoms with Gasteiger partial charge in [-0.15, -0.1) is 0 Å². The molecule has 0 unspecified atom stereocenters. The Balaban J connectivity index is 1.68. The summed E-state index contributed by atoms with van der Waals surface area (Å²) in [5.41, 5.74) is 0.388. The summed E-state index contributed by atoms with van der Waals surface area (Å²) in [6.07, 6.45) is 0. The average Bonchev–Trinajstić information content (AvgIpc) is 2.53. The molecule has 0 amide bonds. The van der Waals surface area contributed by atoms with Gasteiger partial charge in [-0.25, -0.2) is 4.79 Å². The smallest absolute Gasteiger partial charge is 0.333 e. The fourth-order valence-corrected chi connectivity index (χ4v) is 1.95. The van der Waals surface area contributed by atoms with Gasteiger partial charge in [-0.05, 0) is 18.4 Å². The van der Waals surface area contributed by atoms with Crippen LogP contribution >= 0.6 is 0 Å². The Morgan fingerprint density at radius 2 is 1.73 bits per heavy atom.